The number of carbonyl (C=O) groups excluding carboxylic acids is 1. The van der Waals surface area contributed by atoms with Crippen molar-refractivity contribution in [2.75, 3.05) is 19.4 Å². The quantitative estimate of drug-likeness (QED) is 0.485. The summed E-state index contributed by atoms with van der Waals surface area (Å²) in [6, 6.07) is 11.4. The lowest BCUT2D eigenvalue weighted by atomic mass is 9.97. The van der Waals surface area contributed by atoms with Crippen LogP contribution >= 0.6 is 15.9 Å². The van der Waals surface area contributed by atoms with E-state index in [0.29, 0.717) is 30.1 Å². The number of rotatable bonds is 2. The van der Waals surface area contributed by atoms with Gasteiger partial charge in [0.05, 0.1) is 36.0 Å². The summed E-state index contributed by atoms with van der Waals surface area (Å²) in [6.45, 7) is 2.91. The first-order valence-electron chi connectivity index (χ1n) is 9.60. The van der Waals surface area contributed by atoms with Gasteiger partial charge in [0.2, 0.25) is 0 Å². The maximum Gasteiger partial charge on any atom is 0.254 e. The van der Waals surface area contributed by atoms with Crippen LogP contribution in [0.5, 0.6) is 0 Å². The Kier molecular flexibility index (Phi) is 4.48. The average molecular weight is 466 g/mol. The summed E-state index contributed by atoms with van der Waals surface area (Å²) < 4.78 is 8.65. The molecular weight excluding hydrogens is 446 g/mol. The van der Waals surface area contributed by atoms with Crippen LogP contribution in [0.15, 0.2) is 47.2 Å². The first-order valence-corrected chi connectivity index (χ1v) is 10.4. The number of ether oxygens (including phenoxy) is 1. The highest BCUT2D eigenvalue weighted by Gasteiger charge is 2.28. The summed E-state index contributed by atoms with van der Waals surface area (Å²) >= 11 is 3.50. The van der Waals surface area contributed by atoms with Crippen molar-refractivity contribution in [2.45, 2.75) is 19.6 Å². The van der Waals surface area contributed by atoms with Crippen molar-refractivity contribution < 1.29 is 9.53 Å². The highest BCUT2D eigenvalue weighted by atomic mass is 79.9. The molecule has 2 N–H and O–H groups in total. The van der Waals surface area contributed by atoms with Crippen LogP contribution in [0, 0.1) is 6.92 Å². The molecule has 1 amide bonds. The predicted octanol–water partition coefficient (Wildman–Crippen LogP) is 3.88. The van der Waals surface area contributed by atoms with Crippen LogP contribution < -0.4 is 5.73 Å². The Morgan fingerprint density at radius 2 is 2.13 bits per heavy atom. The molecule has 30 heavy (non-hydrogen) atoms. The minimum absolute atomic E-state index is 0.0805. The van der Waals surface area contributed by atoms with Gasteiger partial charge in [0.15, 0.2) is 0 Å². The molecule has 0 saturated heterocycles. The van der Waals surface area contributed by atoms with Crippen LogP contribution in [0.2, 0.25) is 0 Å². The molecule has 152 valence electrons. The van der Waals surface area contributed by atoms with Gasteiger partial charge in [-0.3, -0.25) is 9.20 Å². The fourth-order valence-electron chi connectivity index (χ4n) is 4.12. The van der Waals surface area contributed by atoms with Crippen molar-refractivity contribution >= 4 is 44.2 Å². The van der Waals surface area contributed by atoms with Gasteiger partial charge in [-0.05, 0) is 48.4 Å². The molecule has 5 rings (SSSR count). The van der Waals surface area contributed by atoms with Crippen molar-refractivity contribution in [3.8, 4) is 0 Å². The smallest absolute Gasteiger partial charge is 0.254 e. The Labute approximate surface area is 181 Å². The number of carbonyl (C=O) groups is 1. The van der Waals surface area contributed by atoms with Gasteiger partial charge in [-0.25, -0.2) is 9.97 Å². The summed E-state index contributed by atoms with van der Waals surface area (Å²) in [7, 11) is 1.82. The van der Waals surface area contributed by atoms with E-state index >= 15 is 0 Å². The van der Waals surface area contributed by atoms with Crippen molar-refractivity contribution in [3.63, 3.8) is 0 Å². The molecule has 1 aliphatic rings. The molecule has 1 atom stereocenters. The zero-order valence-corrected chi connectivity index (χ0v) is 18.2. The topological polar surface area (TPSA) is 85.8 Å². The summed E-state index contributed by atoms with van der Waals surface area (Å²) in [6.07, 6.45) is 1.71. The molecule has 0 spiro atoms. The molecule has 4 aromatic rings. The Balaban J connectivity index is 1.55. The minimum Gasteiger partial charge on any atom is -0.382 e. The minimum atomic E-state index is -0.148. The Hall–Kier alpha value is -2.97. The molecule has 0 unspecified atom stereocenters. The lowest BCUT2D eigenvalue weighted by molar-refractivity contribution is 0.0346. The lowest BCUT2D eigenvalue weighted by Gasteiger charge is -2.33. The second-order valence-electron chi connectivity index (χ2n) is 7.54. The maximum absolute atomic E-state index is 13.4. The number of aryl methyl sites for hydroxylation is 1. The summed E-state index contributed by atoms with van der Waals surface area (Å²) in [5.41, 5.74) is 12.0. The molecule has 2 aromatic carbocycles. The maximum atomic E-state index is 13.4. The van der Waals surface area contributed by atoms with E-state index < -0.39 is 0 Å². The zero-order chi connectivity index (χ0) is 21.0. The van der Waals surface area contributed by atoms with E-state index in [9.17, 15) is 4.79 Å². The highest BCUT2D eigenvalue weighted by Crippen LogP contribution is 2.32. The predicted molar refractivity (Wildman–Crippen MR) is 118 cm³/mol. The number of likely N-dealkylation sites (N-methyl/N-ethyl adjacent to an activating group) is 1. The van der Waals surface area contributed by atoms with Crippen molar-refractivity contribution in [3.05, 3.63) is 69.6 Å². The summed E-state index contributed by atoms with van der Waals surface area (Å²) in [5.74, 6) is 0.346. The molecule has 1 aliphatic heterocycles. The second-order valence-corrected chi connectivity index (χ2v) is 8.45. The van der Waals surface area contributed by atoms with Crippen molar-refractivity contribution in [2.24, 2.45) is 0 Å². The molecule has 7 nitrogen and oxygen atoms in total. The van der Waals surface area contributed by atoms with Crippen LogP contribution in [0.1, 0.15) is 33.2 Å². The normalized spacial score (nSPS) is 16.0. The van der Waals surface area contributed by atoms with Gasteiger partial charge >= 0.3 is 0 Å². The number of halogens is 1. The zero-order valence-electron chi connectivity index (χ0n) is 16.6. The number of nitrogen functional groups attached to an aromatic ring is 1. The molecular formula is C22H20BrN5O2. The van der Waals surface area contributed by atoms with E-state index in [0.717, 1.165) is 32.3 Å². The van der Waals surface area contributed by atoms with Gasteiger partial charge in [-0.15, -0.1) is 0 Å². The summed E-state index contributed by atoms with van der Waals surface area (Å²) in [5, 5.41) is 0. The van der Waals surface area contributed by atoms with Gasteiger partial charge < -0.3 is 15.4 Å². The number of nitrogens with two attached hydrogens (primary N) is 1. The van der Waals surface area contributed by atoms with Crippen LogP contribution in [0.3, 0.4) is 0 Å². The van der Waals surface area contributed by atoms with E-state index in [-0.39, 0.29) is 11.9 Å². The number of hydrogen-bond acceptors (Lipinski definition) is 5. The van der Waals surface area contributed by atoms with E-state index in [1.807, 2.05) is 42.6 Å². The Bertz CT molecular complexity index is 1320. The van der Waals surface area contributed by atoms with Crippen molar-refractivity contribution in [1.82, 2.24) is 19.3 Å². The van der Waals surface area contributed by atoms with Gasteiger partial charge in [0, 0.05) is 17.1 Å². The molecule has 0 fully saturated rings. The van der Waals surface area contributed by atoms with Gasteiger partial charge in [-0.2, -0.15) is 0 Å². The standard InChI is InChI=1S/C22H20BrN5O2/c1-12-20-21(24)26-17-6-3-13(8-18(17)28(20)11-25-12)22(29)27(2)19-10-30-9-14-7-15(23)4-5-16(14)19/h3-8,11,19H,9-10H2,1-2H3,(H2,24,26)/t19-/m1/s1. The van der Waals surface area contributed by atoms with Crippen LogP contribution in [-0.2, 0) is 11.3 Å². The molecule has 8 heteroatoms. The number of fused-ring (bicyclic) bond motifs is 4. The summed E-state index contributed by atoms with van der Waals surface area (Å²) in [4.78, 5) is 23.9. The highest BCUT2D eigenvalue weighted by molar-refractivity contribution is 9.10. The lowest BCUT2D eigenvalue weighted by Crippen LogP contribution is -2.36. The largest absolute Gasteiger partial charge is 0.382 e. The van der Waals surface area contributed by atoms with Gasteiger partial charge in [-0.1, -0.05) is 22.0 Å². The monoisotopic (exact) mass is 465 g/mol. The number of anilines is 1. The SMILES string of the molecule is Cc1ncn2c1c(N)nc1ccc(C(=O)N(C)[C@@H]3COCc4cc(Br)ccc43)cc12. The first-order chi connectivity index (χ1) is 14.4. The third kappa shape index (κ3) is 2.95. The van der Waals surface area contributed by atoms with Crippen LogP contribution in [0.4, 0.5) is 5.82 Å². The number of benzene rings is 2. The molecule has 3 heterocycles. The van der Waals surface area contributed by atoms with E-state index in [1.54, 1.807) is 17.3 Å². The fraction of sp³-hybridized carbons (Fsp3) is 0.227. The van der Waals surface area contributed by atoms with E-state index in [1.165, 1.54) is 0 Å². The Morgan fingerprint density at radius 1 is 1.30 bits per heavy atom. The third-order valence-corrected chi connectivity index (χ3v) is 6.19. The molecule has 0 aliphatic carbocycles. The van der Waals surface area contributed by atoms with Gasteiger partial charge in [0.25, 0.3) is 5.91 Å². The number of aromatic nitrogens is 3. The number of imidazole rings is 1. The van der Waals surface area contributed by atoms with E-state index in [2.05, 4.69) is 32.0 Å². The van der Waals surface area contributed by atoms with Crippen LogP contribution in [-0.4, -0.2) is 38.8 Å². The molecule has 2 aromatic heterocycles. The fourth-order valence-corrected chi connectivity index (χ4v) is 4.52. The Morgan fingerprint density at radius 3 is 2.97 bits per heavy atom. The van der Waals surface area contributed by atoms with Crippen LogP contribution in [0.25, 0.3) is 16.6 Å². The number of amides is 1. The van der Waals surface area contributed by atoms with Crippen molar-refractivity contribution in [1.29, 1.82) is 0 Å². The molecule has 0 saturated carbocycles. The average Bonchev–Trinajstić information content (AvgIpc) is 3.14. The first kappa shape index (κ1) is 19.0. The third-order valence-electron chi connectivity index (χ3n) is 5.70. The molecule has 0 bridgehead atoms. The number of nitrogens with zero attached hydrogens (tertiary/aromatic N) is 4. The number of hydrogen-bond donors (Lipinski definition) is 1. The second kappa shape index (κ2) is 7.07. The van der Waals surface area contributed by atoms with E-state index in [4.69, 9.17) is 10.5 Å². The molecule has 0 radical (unpaired) electrons. The van der Waals surface area contributed by atoms with Gasteiger partial charge in [0.1, 0.15) is 17.7 Å².